The number of carbonyl (C=O) groups excluding carboxylic acids is 1. The summed E-state index contributed by atoms with van der Waals surface area (Å²) in [6, 6.07) is 10.4. The summed E-state index contributed by atoms with van der Waals surface area (Å²) in [7, 11) is 0. The van der Waals surface area contributed by atoms with E-state index in [1.165, 1.54) is 0 Å². The highest BCUT2D eigenvalue weighted by Crippen LogP contribution is 2.22. The van der Waals surface area contributed by atoms with Crippen molar-refractivity contribution in [2.45, 2.75) is 6.92 Å². The third-order valence-electron chi connectivity index (χ3n) is 2.62. The van der Waals surface area contributed by atoms with Gasteiger partial charge in [0.2, 0.25) is 0 Å². The summed E-state index contributed by atoms with van der Waals surface area (Å²) in [6.07, 6.45) is 0. The van der Waals surface area contributed by atoms with Crippen molar-refractivity contribution in [1.29, 1.82) is 0 Å². The first-order chi connectivity index (χ1) is 8.47. The summed E-state index contributed by atoms with van der Waals surface area (Å²) in [5, 5.41) is 0.587. The van der Waals surface area contributed by atoms with Crippen LogP contribution in [-0.4, -0.2) is 5.78 Å². The molecule has 0 aromatic heterocycles. The van der Waals surface area contributed by atoms with Gasteiger partial charge < -0.3 is 5.73 Å². The monoisotopic (exact) mass is 323 g/mol. The average Bonchev–Trinajstić information content (AvgIpc) is 2.30. The van der Waals surface area contributed by atoms with Crippen molar-refractivity contribution in [3.8, 4) is 0 Å². The molecule has 0 amide bonds. The Labute approximate surface area is 119 Å². The number of anilines is 1. The first-order valence-corrected chi connectivity index (χ1v) is 6.51. The van der Waals surface area contributed by atoms with Crippen LogP contribution in [0, 0.1) is 6.92 Å². The van der Waals surface area contributed by atoms with Crippen LogP contribution in [0.5, 0.6) is 0 Å². The molecule has 0 heterocycles. The van der Waals surface area contributed by atoms with Gasteiger partial charge in [-0.3, -0.25) is 4.79 Å². The molecule has 0 saturated carbocycles. The minimum absolute atomic E-state index is 0.0927. The van der Waals surface area contributed by atoms with Crippen molar-refractivity contribution in [3.05, 3.63) is 62.6 Å². The normalized spacial score (nSPS) is 10.4. The van der Waals surface area contributed by atoms with Crippen LogP contribution in [0.4, 0.5) is 5.69 Å². The first-order valence-electron chi connectivity index (χ1n) is 5.34. The number of aryl methyl sites for hydroxylation is 1. The molecule has 0 bridgehead atoms. The fourth-order valence-electron chi connectivity index (χ4n) is 1.64. The Morgan fingerprint density at radius 2 is 1.89 bits per heavy atom. The third-order valence-corrected chi connectivity index (χ3v) is 3.48. The van der Waals surface area contributed by atoms with Crippen LogP contribution in [0.3, 0.4) is 0 Å². The Balaban J connectivity index is 2.44. The van der Waals surface area contributed by atoms with Gasteiger partial charge in [0, 0.05) is 26.3 Å². The van der Waals surface area contributed by atoms with Crippen LogP contribution >= 0.6 is 27.5 Å². The van der Waals surface area contributed by atoms with Gasteiger partial charge >= 0.3 is 0 Å². The van der Waals surface area contributed by atoms with Crippen LogP contribution in [0.15, 0.2) is 40.9 Å². The summed E-state index contributed by atoms with van der Waals surface area (Å²) < 4.78 is 0.782. The molecule has 2 aromatic carbocycles. The molecule has 0 aliphatic heterocycles. The maximum atomic E-state index is 12.3. The number of carbonyl (C=O) groups is 1. The molecule has 2 aromatic rings. The number of ketones is 1. The number of benzene rings is 2. The lowest BCUT2D eigenvalue weighted by Crippen LogP contribution is -2.02. The number of rotatable bonds is 2. The molecule has 4 heteroatoms. The zero-order chi connectivity index (χ0) is 13.3. The van der Waals surface area contributed by atoms with Crippen molar-refractivity contribution in [1.82, 2.24) is 0 Å². The van der Waals surface area contributed by atoms with E-state index in [1.54, 1.807) is 30.3 Å². The molecule has 18 heavy (non-hydrogen) atoms. The van der Waals surface area contributed by atoms with Crippen molar-refractivity contribution >= 4 is 39.0 Å². The largest absolute Gasteiger partial charge is 0.399 e. The van der Waals surface area contributed by atoms with E-state index >= 15 is 0 Å². The summed E-state index contributed by atoms with van der Waals surface area (Å²) in [4.78, 5) is 12.3. The molecule has 0 spiro atoms. The predicted octanol–water partition coefficient (Wildman–Crippen LogP) is 4.22. The molecule has 2 nitrogen and oxygen atoms in total. The van der Waals surface area contributed by atoms with E-state index in [0.717, 1.165) is 10.0 Å². The summed E-state index contributed by atoms with van der Waals surface area (Å²) >= 11 is 9.34. The van der Waals surface area contributed by atoms with Crippen LogP contribution < -0.4 is 5.73 Å². The topological polar surface area (TPSA) is 43.1 Å². The van der Waals surface area contributed by atoms with Gasteiger partial charge in [0.15, 0.2) is 5.78 Å². The van der Waals surface area contributed by atoms with Gasteiger partial charge in [0.1, 0.15) is 0 Å². The number of nitrogen functional groups attached to an aromatic ring is 1. The zero-order valence-corrected chi connectivity index (χ0v) is 12.0. The van der Waals surface area contributed by atoms with E-state index in [-0.39, 0.29) is 5.78 Å². The smallest absolute Gasteiger partial charge is 0.193 e. The van der Waals surface area contributed by atoms with Crippen LogP contribution in [-0.2, 0) is 0 Å². The number of halogens is 2. The molecule has 0 aliphatic rings. The number of hydrogen-bond donors (Lipinski definition) is 1. The number of nitrogens with two attached hydrogens (primary N) is 1. The fourth-order valence-corrected chi connectivity index (χ4v) is 2.34. The van der Waals surface area contributed by atoms with Gasteiger partial charge in [0.05, 0.1) is 0 Å². The van der Waals surface area contributed by atoms with Gasteiger partial charge in [-0.25, -0.2) is 0 Å². The van der Waals surface area contributed by atoms with Crippen LogP contribution in [0.1, 0.15) is 21.5 Å². The lowest BCUT2D eigenvalue weighted by Gasteiger charge is -2.05. The van der Waals surface area contributed by atoms with Crippen molar-refractivity contribution in [3.63, 3.8) is 0 Å². The number of hydrogen-bond acceptors (Lipinski definition) is 2. The molecule has 0 atom stereocenters. The lowest BCUT2D eigenvalue weighted by molar-refractivity contribution is 0.103. The lowest BCUT2D eigenvalue weighted by atomic mass is 10.0. The third kappa shape index (κ3) is 2.74. The molecule has 0 aliphatic carbocycles. The Morgan fingerprint density at radius 1 is 1.17 bits per heavy atom. The van der Waals surface area contributed by atoms with Crippen LogP contribution in [0.25, 0.3) is 0 Å². The molecule has 0 saturated heterocycles. The molecule has 2 rings (SSSR count). The molecular formula is C14H11BrClNO. The van der Waals surface area contributed by atoms with E-state index in [2.05, 4.69) is 15.9 Å². The van der Waals surface area contributed by atoms with Crippen molar-refractivity contribution in [2.24, 2.45) is 0 Å². The fraction of sp³-hybridized carbons (Fsp3) is 0.0714. The molecular weight excluding hydrogens is 314 g/mol. The van der Waals surface area contributed by atoms with Gasteiger partial charge in [0.25, 0.3) is 0 Å². The Kier molecular flexibility index (Phi) is 3.73. The quantitative estimate of drug-likeness (QED) is 0.664. The maximum Gasteiger partial charge on any atom is 0.193 e. The second-order valence-electron chi connectivity index (χ2n) is 4.07. The molecule has 0 radical (unpaired) electrons. The standard InChI is InChI=1S/C14H11BrClNO/c1-8-2-3-9(6-13(8)16)14(18)10-4-11(15)7-12(17)5-10/h2-7H,17H2,1H3. The Bertz CT molecular complexity index is 605. The average molecular weight is 325 g/mol. The highest BCUT2D eigenvalue weighted by molar-refractivity contribution is 9.10. The highest BCUT2D eigenvalue weighted by atomic mass is 79.9. The highest BCUT2D eigenvalue weighted by Gasteiger charge is 2.11. The van der Waals surface area contributed by atoms with E-state index in [4.69, 9.17) is 17.3 Å². The van der Waals surface area contributed by atoms with Crippen LogP contribution in [0.2, 0.25) is 5.02 Å². The van der Waals surface area contributed by atoms with Gasteiger partial charge in [-0.2, -0.15) is 0 Å². The van der Waals surface area contributed by atoms with E-state index in [1.807, 2.05) is 13.0 Å². The second-order valence-corrected chi connectivity index (χ2v) is 5.39. The van der Waals surface area contributed by atoms with E-state index in [9.17, 15) is 4.79 Å². The first kappa shape index (κ1) is 13.1. The van der Waals surface area contributed by atoms with Gasteiger partial charge in [-0.1, -0.05) is 39.7 Å². The molecule has 92 valence electrons. The van der Waals surface area contributed by atoms with E-state index in [0.29, 0.717) is 21.8 Å². The summed E-state index contributed by atoms with van der Waals surface area (Å²) in [5.74, 6) is -0.0927. The maximum absolute atomic E-state index is 12.3. The van der Waals surface area contributed by atoms with Gasteiger partial charge in [-0.05, 0) is 36.8 Å². The van der Waals surface area contributed by atoms with E-state index < -0.39 is 0 Å². The SMILES string of the molecule is Cc1ccc(C(=O)c2cc(N)cc(Br)c2)cc1Cl. The Morgan fingerprint density at radius 3 is 2.50 bits per heavy atom. The summed E-state index contributed by atoms with van der Waals surface area (Å²) in [6.45, 7) is 1.90. The van der Waals surface area contributed by atoms with Gasteiger partial charge in [-0.15, -0.1) is 0 Å². The molecule has 0 fully saturated rings. The zero-order valence-electron chi connectivity index (χ0n) is 9.71. The minimum Gasteiger partial charge on any atom is -0.399 e. The molecule has 0 unspecified atom stereocenters. The second kappa shape index (κ2) is 5.12. The molecule has 2 N–H and O–H groups in total. The Hall–Kier alpha value is -1.32. The van der Waals surface area contributed by atoms with Crippen molar-refractivity contribution in [2.75, 3.05) is 5.73 Å². The summed E-state index contributed by atoms with van der Waals surface area (Å²) in [5.41, 5.74) is 8.32. The predicted molar refractivity (Wildman–Crippen MR) is 78.2 cm³/mol. The van der Waals surface area contributed by atoms with Crippen molar-refractivity contribution < 1.29 is 4.79 Å². The minimum atomic E-state index is -0.0927.